The van der Waals surface area contributed by atoms with E-state index in [0.717, 1.165) is 12.7 Å². The van der Waals surface area contributed by atoms with Crippen molar-refractivity contribution in [3.05, 3.63) is 31.0 Å². The molecule has 0 aromatic carbocycles. The van der Waals surface area contributed by atoms with Crippen molar-refractivity contribution in [2.75, 3.05) is 0 Å². The number of aromatic nitrogens is 5. The van der Waals surface area contributed by atoms with E-state index in [-0.39, 0.29) is 6.54 Å². The molecule has 14 heteroatoms. The summed E-state index contributed by atoms with van der Waals surface area (Å²) in [5.74, 6) is -7.06. The third kappa shape index (κ3) is 2.44. The number of nitrogens with zero attached hydrogens (tertiary/aromatic N) is 5. The first kappa shape index (κ1) is 21.4. The van der Waals surface area contributed by atoms with Gasteiger partial charge >= 0.3 is 0 Å². The summed E-state index contributed by atoms with van der Waals surface area (Å²) in [6, 6.07) is 3.54. The average Bonchev–Trinajstić information content (AvgIpc) is 3.06. The average molecular weight is 423 g/mol. The number of nitriles is 1. The van der Waals surface area contributed by atoms with Gasteiger partial charge in [-0.25, -0.2) is 9.97 Å². The molecule has 157 valence electrons. The van der Waals surface area contributed by atoms with Crippen LogP contribution in [0.25, 0.3) is 22.3 Å². The lowest BCUT2D eigenvalue weighted by Crippen LogP contribution is -2.69. The number of nitrogens with one attached hydrogen (secondary N) is 1. The second-order valence-corrected chi connectivity index (χ2v) is 7.61. The molecule has 2 fully saturated rings. The Balaban J connectivity index is 0.000000730. The number of hydrogen-bond acceptors (Lipinski definition) is 10. The van der Waals surface area contributed by atoms with Crippen LogP contribution in [-0.4, -0.2) is 93.1 Å². The SMILES string of the molecule is CC#N.[B]C1(O)C(O)(O)C(O)(O)C2(O)[B]C12Cn1cc(-c2ncnc3[nH]ccc23)cn1. The summed E-state index contributed by atoms with van der Waals surface area (Å²) in [6.45, 7) is 1.07. The molecule has 0 bridgehead atoms. The first-order valence-corrected chi connectivity index (χ1v) is 9.02. The summed E-state index contributed by atoms with van der Waals surface area (Å²) in [5.41, 5.74) is -3.72. The van der Waals surface area contributed by atoms with Crippen LogP contribution in [0.15, 0.2) is 31.0 Å². The Morgan fingerprint density at radius 1 is 1.19 bits per heavy atom. The fourth-order valence-corrected chi connectivity index (χ4v) is 4.19. The van der Waals surface area contributed by atoms with Crippen LogP contribution in [-0.2, 0) is 6.54 Å². The van der Waals surface area contributed by atoms with Gasteiger partial charge in [-0.2, -0.15) is 10.4 Å². The van der Waals surface area contributed by atoms with Gasteiger partial charge in [0.25, 0.3) is 0 Å². The lowest BCUT2D eigenvalue weighted by Gasteiger charge is -2.42. The molecule has 1 aliphatic heterocycles. The molecular weight excluding hydrogens is 406 g/mol. The normalized spacial score (nSPS) is 31.8. The van der Waals surface area contributed by atoms with Crippen LogP contribution in [0.2, 0.25) is 5.31 Å². The minimum atomic E-state index is -3.58. The van der Waals surface area contributed by atoms with E-state index in [9.17, 15) is 30.6 Å². The smallest absolute Gasteiger partial charge is 0.242 e. The van der Waals surface area contributed by atoms with Crippen molar-refractivity contribution in [1.29, 1.82) is 5.26 Å². The van der Waals surface area contributed by atoms with Crippen molar-refractivity contribution in [3.8, 4) is 17.3 Å². The highest BCUT2D eigenvalue weighted by atomic mass is 16.6. The molecule has 1 saturated carbocycles. The van der Waals surface area contributed by atoms with Crippen LogP contribution < -0.4 is 0 Å². The van der Waals surface area contributed by atoms with E-state index in [1.807, 2.05) is 0 Å². The molecule has 1 saturated heterocycles. The van der Waals surface area contributed by atoms with Crippen LogP contribution in [0.1, 0.15) is 6.92 Å². The molecule has 31 heavy (non-hydrogen) atoms. The van der Waals surface area contributed by atoms with E-state index in [1.165, 1.54) is 30.3 Å². The van der Waals surface area contributed by atoms with E-state index in [1.54, 1.807) is 18.3 Å². The van der Waals surface area contributed by atoms with Crippen LogP contribution in [0.5, 0.6) is 0 Å². The van der Waals surface area contributed by atoms with E-state index in [2.05, 4.69) is 20.1 Å². The molecule has 3 aromatic heterocycles. The number of H-pyrrole nitrogens is 1. The monoisotopic (exact) mass is 423 g/mol. The van der Waals surface area contributed by atoms with Gasteiger partial charge in [0.1, 0.15) is 19.8 Å². The number of aromatic amines is 1. The summed E-state index contributed by atoms with van der Waals surface area (Å²) in [5, 5.41) is 71.3. The van der Waals surface area contributed by atoms with Gasteiger partial charge < -0.3 is 35.6 Å². The van der Waals surface area contributed by atoms with Crippen LogP contribution >= 0.6 is 0 Å². The molecule has 2 aliphatic rings. The predicted octanol–water partition coefficient (Wildman–Crippen LogP) is -2.85. The summed E-state index contributed by atoms with van der Waals surface area (Å²) >= 11 is 0. The lowest BCUT2D eigenvalue weighted by molar-refractivity contribution is -0.388. The van der Waals surface area contributed by atoms with Crippen molar-refractivity contribution in [1.82, 2.24) is 24.7 Å². The standard InChI is InChI=1S/C15H14B2N5O6.C2H3N/c16-12(23)11(13(24,17-11)15(27,28)14(12,25)26)5-22-4-7(3-21-22)9-8-1-2-18-10(8)20-6-19-9;1-2-3/h1-4,6,23-28H,5H2,(H,18,19,20);1H3. The summed E-state index contributed by atoms with van der Waals surface area (Å²) in [7, 11) is 6.60. The molecule has 0 spiro atoms. The molecule has 0 amide bonds. The van der Waals surface area contributed by atoms with E-state index in [4.69, 9.17) is 13.1 Å². The molecule has 3 atom stereocenters. The highest BCUT2D eigenvalue weighted by molar-refractivity contribution is 6.63. The summed E-state index contributed by atoms with van der Waals surface area (Å²) in [4.78, 5) is 11.3. The van der Waals surface area contributed by atoms with Gasteiger partial charge in [0, 0.05) is 42.1 Å². The third-order valence-corrected chi connectivity index (χ3v) is 5.95. The maximum Gasteiger partial charge on any atom is 0.242 e. The molecular formula is C17H17B2N6O6. The zero-order valence-electron chi connectivity index (χ0n) is 16.2. The molecule has 3 unspecified atom stereocenters. The Kier molecular flexibility index (Phi) is 4.40. The zero-order chi connectivity index (χ0) is 22.9. The van der Waals surface area contributed by atoms with Crippen molar-refractivity contribution < 1.29 is 30.6 Å². The molecule has 3 aromatic rings. The molecule has 4 heterocycles. The Labute approximate surface area is 177 Å². The van der Waals surface area contributed by atoms with E-state index < -0.39 is 27.9 Å². The Morgan fingerprint density at radius 2 is 1.87 bits per heavy atom. The largest absolute Gasteiger partial charge is 0.394 e. The molecule has 3 radical (unpaired) electrons. The number of rotatable bonds is 3. The third-order valence-electron chi connectivity index (χ3n) is 5.95. The van der Waals surface area contributed by atoms with Gasteiger partial charge in [-0.1, -0.05) is 0 Å². The van der Waals surface area contributed by atoms with Gasteiger partial charge in [0.05, 0.1) is 29.0 Å². The number of fused-ring (bicyclic) bond motifs is 2. The quantitative estimate of drug-likeness (QED) is 0.170. The zero-order valence-corrected chi connectivity index (χ0v) is 16.2. The second kappa shape index (κ2) is 6.36. The minimum Gasteiger partial charge on any atom is -0.394 e. The predicted molar refractivity (Wildman–Crippen MR) is 105 cm³/mol. The van der Waals surface area contributed by atoms with E-state index >= 15 is 0 Å². The number of hydrogen-bond donors (Lipinski definition) is 7. The van der Waals surface area contributed by atoms with Crippen LogP contribution in [0.4, 0.5) is 0 Å². The summed E-state index contributed by atoms with van der Waals surface area (Å²) < 4.78 is 1.28. The van der Waals surface area contributed by atoms with E-state index in [0.29, 0.717) is 16.9 Å². The Bertz CT molecular complexity index is 1200. The first-order valence-electron chi connectivity index (χ1n) is 9.02. The van der Waals surface area contributed by atoms with Gasteiger partial charge in [0.2, 0.25) is 11.6 Å². The molecule has 1 aliphatic carbocycles. The fourth-order valence-electron chi connectivity index (χ4n) is 4.19. The van der Waals surface area contributed by atoms with Crippen LogP contribution in [0.3, 0.4) is 0 Å². The first-order chi connectivity index (χ1) is 14.4. The van der Waals surface area contributed by atoms with Crippen LogP contribution in [0, 0.1) is 11.3 Å². The Morgan fingerprint density at radius 3 is 2.48 bits per heavy atom. The topological polar surface area (TPSA) is 205 Å². The fraction of sp³-hybridized carbons (Fsp3) is 0.412. The van der Waals surface area contributed by atoms with Gasteiger partial charge in [-0.15, -0.1) is 0 Å². The van der Waals surface area contributed by atoms with Crippen molar-refractivity contribution >= 4 is 26.2 Å². The van der Waals surface area contributed by atoms with Gasteiger partial charge in [-0.05, 0) is 6.07 Å². The second-order valence-electron chi connectivity index (χ2n) is 7.61. The highest BCUT2D eigenvalue weighted by Crippen LogP contribution is 2.75. The highest BCUT2D eigenvalue weighted by Gasteiger charge is 2.96. The summed E-state index contributed by atoms with van der Waals surface area (Å²) in [6.07, 6.45) is 6.11. The maximum absolute atomic E-state index is 10.5. The minimum absolute atomic E-state index is 0.358. The molecule has 5 rings (SSSR count). The number of aliphatic hydroxyl groups is 6. The molecule has 12 nitrogen and oxygen atoms in total. The maximum atomic E-state index is 10.5. The van der Waals surface area contributed by atoms with Crippen molar-refractivity contribution in [2.45, 2.75) is 41.4 Å². The molecule has 7 N–H and O–H groups in total. The van der Waals surface area contributed by atoms with Crippen molar-refractivity contribution in [3.63, 3.8) is 0 Å². The van der Waals surface area contributed by atoms with Crippen molar-refractivity contribution in [2.24, 2.45) is 0 Å². The van der Waals surface area contributed by atoms with Gasteiger partial charge in [0.15, 0.2) is 7.28 Å². The van der Waals surface area contributed by atoms with Gasteiger partial charge in [-0.3, -0.25) is 4.68 Å². The lowest BCUT2D eigenvalue weighted by atomic mass is 9.57. The Hall–Kier alpha value is -2.79.